The number of anilines is 2. The number of aryl methyl sites for hydroxylation is 1. The third kappa shape index (κ3) is 7.40. The number of hydrogen-bond donors (Lipinski definition) is 3. The molecule has 0 saturated heterocycles. The quantitative estimate of drug-likeness (QED) is 0.140. The van der Waals surface area contributed by atoms with E-state index in [4.69, 9.17) is 9.47 Å². The Morgan fingerprint density at radius 3 is 2.20 bits per heavy atom. The smallest absolute Gasteiger partial charge is 0.224 e. The second-order valence-electron chi connectivity index (χ2n) is 10.3. The van der Waals surface area contributed by atoms with Gasteiger partial charge in [0, 0.05) is 30.2 Å². The van der Waals surface area contributed by atoms with Gasteiger partial charge in [0.25, 0.3) is 0 Å². The maximum Gasteiger partial charge on any atom is 0.224 e. The monoisotopic (exact) mass is 588 g/mol. The van der Waals surface area contributed by atoms with Gasteiger partial charge in [-0.05, 0) is 65.6 Å². The number of carbonyl (C=O) groups is 1. The van der Waals surface area contributed by atoms with E-state index in [2.05, 4.69) is 20.6 Å². The van der Waals surface area contributed by atoms with Crippen LogP contribution in [0, 0.1) is 0 Å². The Hall–Kier alpha value is -5.21. The van der Waals surface area contributed by atoms with E-state index in [1.807, 2.05) is 109 Å². The van der Waals surface area contributed by atoms with Gasteiger partial charge < -0.3 is 25.2 Å². The fourth-order valence-corrected chi connectivity index (χ4v) is 5.30. The zero-order valence-electron chi connectivity index (χ0n) is 24.8. The first-order valence-electron chi connectivity index (χ1n) is 14.5. The van der Waals surface area contributed by atoms with Gasteiger partial charge in [-0.3, -0.25) is 9.78 Å². The number of amides is 1. The van der Waals surface area contributed by atoms with E-state index in [9.17, 15) is 9.90 Å². The first kappa shape index (κ1) is 30.3. The average Bonchev–Trinajstić information content (AvgIpc) is 3.08. The lowest BCUT2D eigenvalue weighted by atomic mass is 9.82. The molecular formula is C36H36N4O4. The lowest BCUT2D eigenvalue weighted by Crippen LogP contribution is -2.27. The molecule has 1 amide bonds. The Kier molecular flexibility index (Phi) is 10.2. The van der Waals surface area contributed by atoms with Crippen molar-refractivity contribution in [3.05, 3.63) is 144 Å². The predicted octanol–water partition coefficient (Wildman–Crippen LogP) is 6.74. The van der Waals surface area contributed by atoms with Crippen LogP contribution in [0.2, 0.25) is 0 Å². The summed E-state index contributed by atoms with van der Waals surface area (Å²) in [5, 5.41) is 18.6. The number of hydrogen-bond acceptors (Lipinski definition) is 7. The van der Waals surface area contributed by atoms with Crippen LogP contribution in [-0.2, 0) is 11.2 Å². The highest BCUT2D eigenvalue weighted by Gasteiger charge is 2.35. The minimum atomic E-state index is -0.916. The van der Waals surface area contributed by atoms with Crippen LogP contribution in [0.3, 0.4) is 0 Å². The van der Waals surface area contributed by atoms with Crippen molar-refractivity contribution in [2.75, 3.05) is 24.9 Å². The molecule has 5 rings (SSSR count). The Labute approximate surface area is 257 Å². The molecule has 0 aliphatic rings. The number of carbonyl (C=O) groups excluding carboxylic acids is 1. The van der Waals surface area contributed by atoms with Crippen molar-refractivity contribution in [1.82, 2.24) is 9.97 Å². The van der Waals surface area contributed by atoms with Crippen LogP contribution < -0.4 is 20.1 Å². The van der Waals surface area contributed by atoms with Crippen LogP contribution in [0.4, 0.5) is 11.5 Å². The molecule has 2 aromatic heterocycles. The standard InChI is InChI=1S/C36H36N4O4/c1-43-30-20-18-25(24-31(30)44-2)19-21-33(41)39-28-15-7-6-14-27(28)35(40-32-17-9-11-23-38-32)34(29-16-8-10-22-37-29)36(42)26-12-4-3-5-13-26/h3-18,20,22-24,34-36,42H,19,21H2,1-2H3,(H,38,40)(H,39,41)/t34-,35+,36+/m0/s1. The Morgan fingerprint density at radius 2 is 1.50 bits per heavy atom. The summed E-state index contributed by atoms with van der Waals surface area (Å²) >= 11 is 0. The molecule has 224 valence electrons. The predicted molar refractivity (Wildman–Crippen MR) is 172 cm³/mol. The number of rotatable bonds is 13. The van der Waals surface area contributed by atoms with Crippen LogP contribution in [0.25, 0.3) is 0 Å². The van der Waals surface area contributed by atoms with Gasteiger partial charge >= 0.3 is 0 Å². The number of para-hydroxylation sites is 1. The molecule has 8 heteroatoms. The maximum absolute atomic E-state index is 13.3. The lowest BCUT2D eigenvalue weighted by Gasteiger charge is -2.33. The molecule has 3 N–H and O–H groups in total. The topological polar surface area (TPSA) is 106 Å². The molecule has 0 aliphatic carbocycles. The molecule has 8 nitrogen and oxygen atoms in total. The van der Waals surface area contributed by atoms with Gasteiger partial charge in [-0.15, -0.1) is 0 Å². The van der Waals surface area contributed by atoms with Crippen LogP contribution in [-0.4, -0.2) is 35.2 Å². The highest BCUT2D eigenvalue weighted by atomic mass is 16.5. The van der Waals surface area contributed by atoms with Crippen LogP contribution >= 0.6 is 0 Å². The summed E-state index contributed by atoms with van der Waals surface area (Å²) in [6, 6.07) is 33.6. The summed E-state index contributed by atoms with van der Waals surface area (Å²) < 4.78 is 10.8. The molecule has 0 radical (unpaired) electrons. The zero-order valence-corrected chi connectivity index (χ0v) is 24.8. The van der Waals surface area contributed by atoms with Crippen molar-refractivity contribution in [1.29, 1.82) is 0 Å². The van der Waals surface area contributed by atoms with E-state index in [0.717, 1.165) is 16.7 Å². The van der Waals surface area contributed by atoms with Gasteiger partial charge in [-0.1, -0.05) is 66.7 Å². The van der Waals surface area contributed by atoms with Crippen LogP contribution in [0.5, 0.6) is 11.5 Å². The Balaban J connectivity index is 1.48. The van der Waals surface area contributed by atoms with Crippen LogP contribution in [0.15, 0.2) is 122 Å². The summed E-state index contributed by atoms with van der Waals surface area (Å²) in [6.07, 6.45) is 3.30. The number of nitrogens with one attached hydrogen (secondary N) is 2. The summed E-state index contributed by atoms with van der Waals surface area (Å²) in [5.74, 6) is 1.22. The van der Waals surface area contributed by atoms with Gasteiger partial charge in [0.2, 0.25) is 5.91 Å². The summed E-state index contributed by atoms with van der Waals surface area (Å²) in [7, 11) is 3.18. The normalized spacial score (nSPS) is 12.9. The molecule has 3 atom stereocenters. The van der Waals surface area contributed by atoms with E-state index in [1.165, 1.54) is 0 Å². The van der Waals surface area contributed by atoms with Gasteiger partial charge in [0.1, 0.15) is 5.82 Å². The second-order valence-corrected chi connectivity index (χ2v) is 10.3. The van der Waals surface area contributed by atoms with Gasteiger partial charge in [-0.2, -0.15) is 0 Å². The number of nitrogens with zero attached hydrogens (tertiary/aromatic N) is 2. The van der Waals surface area contributed by atoms with Crippen molar-refractivity contribution >= 4 is 17.4 Å². The number of aliphatic hydroxyl groups excluding tert-OH is 1. The van der Waals surface area contributed by atoms with E-state index in [0.29, 0.717) is 35.1 Å². The van der Waals surface area contributed by atoms with Crippen molar-refractivity contribution in [3.8, 4) is 11.5 Å². The van der Waals surface area contributed by atoms with E-state index in [-0.39, 0.29) is 12.3 Å². The molecule has 44 heavy (non-hydrogen) atoms. The number of methoxy groups -OCH3 is 2. The third-order valence-electron chi connectivity index (χ3n) is 7.50. The highest BCUT2D eigenvalue weighted by molar-refractivity contribution is 5.91. The minimum absolute atomic E-state index is 0.137. The number of benzene rings is 3. The van der Waals surface area contributed by atoms with Crippen molar-refractivity contribution in [2.24, 2.45) is 0 Å². The molecule has 0 saturated carbocycles. The average molecular weight is 589 g/mol. The van der Waals surface area contributed by atoms with E-state index < -0.39 is 18.1 Å². The molecule has 0 bridgehead atoms. The third-order valence-corrected chi connectivity index (χ3v) is 7.50. The Bertz CT molecular complexity index is 1630. The fraction of sp³-hybridized carbons (Fsp3) is 0.194. The SMILES string of the molecule is COc1ccc(CCC(=O)Nc2ccccc2[C@@H](Nc2ccccn2)[C@H](c2ccccn2)[C@H](O)c2ccccc2)cc1OC. The molecular weight excluding hydrogens is 552 g/mol. The van der Waals surface area contributed by atoms with Gasteiger partial charge in [-0.25, -0.2) is 4.98 Å². The molecule has 3 aromatic carbocycles. The lowest BCUT2D eigenvalue weighted by molar-refractivity contribution is -0.116. The largest absolute Gasteiger partial charge is 0.493 e. The Morgan fingerprint density at radius 1 is 0.795 bits per heavy atom. The van der Waals surface area contributed by atoms with Crippen molar-refractivity contribution in [2.45, 2.75) is 30.9 Å². The fourth-order valence-electron chi connectivity index (χ4n) is 5.30. The molecule has 0 spiro atoms. The highest BCUT2D eigenvalue weighted by Crippen LogP contribution is 2.43. The van der Waals surface area contributed by atoms with Crippen molar-refractivity contribution < 1.29 is 19.4 Å². The van der Waals surface area contributed by atoms with Crippen LogP contribution in [0.1, 0.15) is 46.9 Å². The summed E-state index contributed by atoms with van der Waals surface area (Å²) in [4.78, 5) is 22.5. The van der Waals surface area contributed by atoms with Gasteiger partial charge in [0.15, 0.2) is 11.5 Å². The number of aliphatic hydroxyl groups is 1. The summed E-state index contributed by atoms with van der Waals surface area (Å²) in [6.45, 7) is 0. The van der Waals surface area contributed by atoms with E-state index in [1.54, 1.807) is 26.6 Å². The number of pyridine rings is 2. The molecule has 0 fully saturated rings. The molecule has 2 heterocycles. The maximum atomic E-state index is 13.3. The molecule has 5 aromatic rings. The summed E-state index contributed by atoms with van der Waals surface area (Å²) in [5.41, 5.74) is 3.85. The molecule has 0 unspecified atom stereocenters. The minimum Gasteiger partial charge on any atom is -0.493 e. The first-order valence-corrected chi connectivity index (χ1v) is 14.5. The van der Waals surface area contributed by atoms with E-state index >= 15 is 0 Å². The number of aromatic nitrogens is 2. The zero-order chi connectivity index (χ0) is 30.7. The molecule has 0 aliphatic heterocycles. The number of ether oxygens (including phenoxy) is 2. The van der Waals surface area contributed by atoms with Crippen molar-refractivity contribution in [3.63, 3.8) is 0 Å². The first-order chi connectivity index (χ1) is 21.6. The van der Waals surface area contributed by atoms with Gasteiger partial charge in [0.05, 0.1) is 32.3 Å². The second kappa shape index (κ2) is 14.8.